The average Bonchev–Trinajstić information content (AvgIpc) is 2.43. The third-order valence-electron chi connectivity index (χ3n) is 3.52. The maximum Gasteiger partial charge on any atom is 0.0843 e. The van der Waals surface area contributed by atoms with E-state index in [1.807, 2.05) is 14.0 Å². The fraction of sp³-hybridized carbons (Fsp3) is 0.600. The van der Waals surface area contributed by atoms with E-state index in [1.165, 1.54) is 11.1 Å². The smallest absolute Gasteiger partial charge is 0.0843 e. The second kappa shape index (κ2) is 6.88. The van der Waals surface area contributed by atoms with Crippen LogP contribution in [0.15, 0.2) is 24.3 Å². The Morgan fingerprint density at radius 1 is 1.44 bits per heavy atom. The molecule has 0 radical (unpaired) electrons. The van der Waals surface area contributed by atoms with Gasteiger partial charge in [-0.1, -0.05) is 24.3 Å². The van der Waals surface area contributed by atoms with Crippen molar-refractivity contribution in [2.24, 2.45) is 0 Å². The van der Waals surface area contributed by atoms with Crippen LogP contribution in [-0.4, -0.2) is 32.9 Å². The van der Waals surface area contributed by atoms with Gasteiger partial charge in [-0.2, -0.15) is 0 Å². The van der Waals surface area contributed by atoms with E-state index in [9.17, 15) is 0 Å². The van der Waals surface area contributed by atoms with Crippen molar-refractivity contribution >= 4 is 0 Å². The molecule has 0 aromatic heterocycles. The minimum Gasteiger partial charge on any atom is -0.380 e. The lowest BCUT2D eigenvalue weighted by molar-refractivity contribution is 0.0190. The molecule has 0 fully saturated rings. The van der Waals surface area contributed by atoms with Crippen LogP contribution in [0.1, 0.15) is 30.6 Å². The Hall–Kier alpha value is -0.900. The van der Waals surface area contributed by atoms with Crippen LogP contribution in [0.25, 0.3) is 0 Å². The van der Waals surface area contributed by atoms with Crippen LogP contribution < -0.4 is 5.32 Å². The fourth-order valence-corrected chi connectivity index (χ4v) is 2.46. The monoisotopic (exact) mass is 249 g/mol. The number of nitrogens with one attached hydrogen (secondary N) is 1. The molecule has 2 unspecified atom stereocenters. The van der Waals surface area contributed by atoms with Gasteiger partial charge >= 0.3 is 0 Å². The summed E-state index contributed by atoms with van der Waals surface area (Å²) in [6.07, 6.45) is 2.20. The molecule has 1 N–H and O–H groups in total. The first-order valence-corrected chi connectivity index (χ1v) is 6.79. The predicted molar refractivity (Wildman–Crippen MR) is 72.8 cm³/mol. The lowest BCUT2D eigenvalue weighted by Gasteiger charge is -2.29. The van der Waals surface area contributed by atoms with E-state index in [0.717, 1.165) is 32.7 Å². The minimum absolute atomic E-state index is 0.202. The molecule has 0 spiro atoms. The molecule has 1 aromatic carbocycles. The number of ether oxygens (including phenoxy) is 2. The standard InChI is InChI=1S/C15H23NO2/c1-3-17-11-13(16-2)10-15-14-7-5-4-6-12(14)8-9-18-15/h4-7,13,15-16H,3,8-11H2,1-2H3. The molecule has 0 bridgehead atoms. The van der Waals surface area contributed by atoms with Gasteiger partial charge in [0.05, 0.1) is 19.3 Å². The van der Waals surface area contributed by atoms with E-state index < -0.39 is 0 Å². The summed E-state index contributed by atoms with van der Waals surface area (Å²) in [5.74, 6) is 0. The van der Waals surface area contributed by atoms with Gasteiger partial charge in [0, 0.05) is 12.6 Å². The molecular weight excluding hydrogens is 226 g/mol. The first-order valence-electron chi connectivity index (χ1n) is 6.79. The largest absolute Gasteiger partial charge is 0.380 e. The molecule has 18 heavy (non-hydrogen) atoms. The molecule has 1 heterocycles. The summed E-state index contributed by atoms with van der Waals surface area (Å²) in [6.45, 7) is 4.36. The van der Waals surface area contributed by atoms with Crippen molar-refractivity contribution in [1.82, 2.24) is 5.32 Å². The quantitative estimate of drug-likeness (QED) is 0.839. The van der Waals surface area contributed by atoms with E-state index in [2.05, 4.69) is 29.6 Å². The fourth-order valence-electron chi connectivity index (χ4n) is 2.46. The van der Waals surface area contributed by atoms with Crippen molar-refractivity contribution in [3.05, 3.63) is 35.4 Å². The maximum absolute atomic E-state index is 5.92. The van der Waals surface area contributed by atoms with Crippen LogP contribution in [0.3, 0.4) is 0 Å². The minimum atomic E-state index is 0.202. The van der Waals surface area contributed by atoms with E-state index in [-0.39, 0.29) is 6.10 Å². The highest BCUT2D eigenvalue weighted by atomic mass is 16.5. The Morgan fingerprint density at radius 2 is 2.28 bits per heavy atom. The van der Waals surface area contributed by atoms with Crippen molar-refractivity contribution in [1.29, 1.82) is 0 Å². The van der Waals surface area contributed by atoms with Crippen LogP contribution in [0.2, 0.25) is 0 Å². The molecule has 0 saturated heterocycles. The van der Waals surface area contributed by atoms with E-state index in [1.54, 1.807) is 0 Å². The normalized spacial score (nSPS) is 20.4. The average molecular weight is 249 g/mol. The first-order chi connectivity index (χ1) is 8.85. The van der Waals surface area contributed by atoms with Gasteiger partial charge in [-0.05, 0) is 37.9 Å². The van der Waals surface area contributed by atoms with E-state index in [0.29, 0.717) is 6.04 Å². The Morgan fingerprint density at radius 3 is 3.06 bits per heavy atom. The molecule has 3 nitrogen and oxygen atoms in total. The molecule has 2 atom stereocenters. The maximum atomic E-state index is 5.92. The van der Waals surface area contributed by atoms with Gasteiger partial charge in [0.25, 0.3) is 0 Å². The van der Waals surface area contributed by atoms with Crippen LogP contribution in [0.4, 0.5) is 0 Å². The second-order valence-corrected chi connectivity index (χ2v) is 4.69. The Bertz CT molecular complexity index is 367. The second-order valence-electron chi connectivity index (χ2n) is 4.69. The first kappa shape index (κ1) is 13.5. The number of fused-ring (bicyclic) bond motifs is 1. The van der Waals surface area contributed by atoms with Gasteiger partial charge in [-0.3, -0.25) is 0 Å². The van der Waals surface area contributed by atoms with Crippen LogP contribution >= 0.6 is 0 Å². The van der Waals surface area contributed by atoms with Crippen LogP contribution in [-0.2, 0) is 15.9 Å². The third kappa shape index (κ3) is 3.31. The summed E-state index contributed by atoms with van der Waals surface area (Å²) < 4.78 is 11.4. The molecular formula is C15H23NO2. The van der Waals surface area contributed by atoms with Crippen LogP contribution in [0, 0.1) is 0 Å². The Labute approximate surface area is 109 Å². The topological polar surface area (TPSA) is 30.5 Å². The van der Waals surface area contributed by atoms with Gasteiger partial charge in [-0.25, -0.2) is 0 Å². The number of hydrogen-bond donors (Lipinski definition) is 1. The number of rotatable bonds is 6. The zero-order valence-electron chi connectivity index (χ0n) is 11.3. The molecule has 0 saturated carbocycles. The van der Waals surface area contributed by atoms with Gasteiger partial charge in [0.1, 0.15) is 0 Å². The molecule has 100 valence electrons. The van der Waals surface area contributed by atoms with Gasteiger partial charge in [0.15, 0.2) is 0 Å². The van der Waals surface area contributed by atoms with E-state index in [4.69, 9.17) is 9.47 Å². The summed E-state index contributed by atoms with van der Waals surface area (Å²) in [5, 5.41) is 3.31. The zero-order chi connectivity index (χ0) is 12.8. The molecule has 0 amide bonds. The molecule has 3 heteroatoms. The van der Waals surface area contributed by atoms with E-state index >= 15 is 0 Å². The summed E-state index contributed by atoms with van der Waals surface area (Å²) in [5.41, 5.74) is 2.78. The summed E-state index contributed by atoms with van der Waals surface area (Å²) in [4.78, 5) is 0. The van der Waals surface area contributed by atoms with Crippen molar-refractivity contribution < 1.29 is 9.47 Å². The SMILES string of the molecule is CCOCC(CC1OCCc2ccccc21)NC. The van der Waals surface area contributed by atoms with Crippen molar-refractivity contribution in [3.8, 4) is 0 Å². The van der Waals surface area contributed by atoms with Crippen molar-refractivity contribution in [2.75, 3.05) is 26.9 Å². The Balaban J connectivity index is 2.01. The lowest BCUT2D eigenvalue weighted by Crippen LogP contribution is -2.33. The molecule has 2 rings (SSSR count). The molecule has 1 aromatic rings. The highest BCUT2D eigenvalue weighted by molar-refractivity contribution is 5.31. The predicted octanol–water partition coefficient (Wildman–Crippen LogP) is 2.32. The van der Waals surface area contributed by atoms with Crippen molar-refractivity contribution in [3.63, 3.8) is 0 Å². The van der Waals surface area contributed by atoms with Gasteiger partial charge in [-0.15, -0.1) is 0 Å². The van der Waals surface area contributed by atoms with Crippen molar-refractivity contribution in [2.45, 2.75) is 31.9 Å². The summed E-state index contributed by atoms with van der Waals surface area (Å²) in [7, 11) is 1.98. The Kier molecular flexibility index (Phi) is 5.17. The van der Waals surface area contributed by atoms with Gasteiger partial charge in [0.2, 0.25) is 0 Å². The third-order valence-corrected chi connectivity index (χ3v) is 3.52. The highest BCUT2D eigenvalue weighted by Gasteiger charge is 2.23. The highest BCUT2D eigenvalue weighted by Crippen LogP contribution is 2.30. The van der Waals surface area contributed by atoms with Gasteiger partial charge < -0.3 is 14.8 Å². The lowest BCUT2D eigenvalue weighted by atomic mass is 9.94. The number of likely N-dealkylation sites (N-methyl/N-ethyl adjacent to an activating group) is 1. The summed E-state index contributed by atoms with van der Waals surface area (Å²) in [6, 6.07) is 8.95. The number of hydrogen-bond acceptors (Lipinski definition) is 3. The molecule has 0 aliphatic carbocycles. The molecule has 1 aliphatic heterocycles. The van der Waals surface area contributed by atoms with Crippen LogP contribution in [0.5, 0.6) is 0 Å². The summed E-state index contributed by atoms with van der Waals surface area (Å²) >= 11 is 0. The molecule has 1 aliphatic rings. The number of benzene rings is 1. The zero-order valence-corrected chi connectivity index (χ0v) is 11.3.